The number of nitrogens with zero attached hydrogens (tertiary/aromatic N) is 1. The number of carbonyl (C=O) groups is 1. The molecule has 28 heavy (non-hydrogen) atoms. The lowest BCUT2D eigenvalue weighted by molar-refractivity contribution is -0.120. The summed E-state index contributed by atoms with van der Waals surface area (Å²) < 4.78 is 10.9. The lowest BCUT2D eigenvalue weighted by Gasteiger charge is -2.08. The number of aromatic nitrogens is 1. The molecule has 0 saturated carbocycles. The fraction of sp³-hybridized carbons (Fsp3) is 0.304. The molecule has 0 spiro atoms. The first kappa shape index (κ1) is 19.7. The standard InChI is InChI=1S/C23H26N2O3/c1-17-22(18(2)28-25-17)16-27-21-12-10-20(11-13-21)15-23(26)24-14-6-9-19-7-4-3-5-8-19/h3-5,7-8,10-13H,6,9,14-16H2,1-2H3,(H,24,26). The Bertz CT molecular complexity index is 866. The second-order valence-corrected chi connectivity index (χ2v) is 6.85. The molecule has 0 saturated heterocycles. The molecule has 0 unspecified atom stereocenters. The quantitative estimate of drug-likeness (QED) is 0.568. The molecule has 0 aliphatic rings. The van der Waals surface area contributed by atoms with Gasteiger partial charge in [-0.2, -0.15) is 0 Å². The van der Waals surface area contributed by atoms with E-state index in [0.29, 0.717) is 19.6 Å². The molecule has 5 nitrogen and oxygen atoms in total. The highest BCUT2D eigenvalue weighted by Gasteiger charge is 2.09. The molecule has 146 valence electrons. The molecule has 3 rings (SSSR count). The van der Waals surface area contributed by atoms with Crippen molar-refractivity contribution in [3.8, 4) is 5.75 Å². The van der Waals surface area contributed by atoms with Gasteiger partial charge in [-0.05, 0) is 49.9 Å². The first-order valence-corrected chi connectivity index (χ1v) is 9.56. The molecule has 1 N–H and O–H groups in total. The molecule has 1 aromatic heterocycles. The summed E-state index contributed by atoms with van der Waals surface area (Å²) in [5, 5.41) is 6.91. The van der Waals surface area contributed by atoms with Gasteiger partial charge in [-0.1, -0.05) is 47.6 Å². The topological polar surface area (TPSA) is 64.4 Å². The number of aryl methyl sites for hydroxylation is 3. The van der Waals surface area contributed by atoms with E-state index in [-0.39, 0.29) is 5.91 Å². The number of benzene rings is 2. The number of hydrogen-bond donors (Lipinski definition) is 1. The van der Waals surface area contributed by atoms with Crippen molar-refractivity contribution >= 4 is 5.91 Å². The molecule has 1 amide bonds. The monoisotopic (exact) mass is 378 g/mol. The van der Waals surface area contributed by atoms with Crippen LogP contribution in [0.15, 0.2) is 59.1 Å². The molecule has 5 heteroatoms. The average molecular weight is 378 g/mol. The Balaban J connectivity index is 1.39. The van der Waals surface area contributed by atoms with Crippen LogP contribution in [0, 0.1) is 13.8 Å². The minimum Gasteiger partial charge on any atom is -0.489 e. The van der Waals surface area contributed by atoms with Gasteiger partial charge in [0.05, 0.1) is 17.7 Å². The average Bonchev–Trinajstić information content (AvgIpc) is 3.03. The zero-order valence-electron chi connectivity index (χ0n) is 16.4. The highest BCUT2D eigenvalue weighted by atomic mass is 16.5. The maximum absolute atomic E-state index is 12.1. The Morgan fingerprint density at radius 1 is 1.04 bits per heavy atom. The molecule has 0 bridgehead atoms. The van der Waals surface area contributed by atoms with Gasteiger partial charge in [0, 0.05) is 6.54 Å². The summed E-state index contributed by atoms with van der Waals surface area (Å²) in [6.45, 7) is 4.88. The van der Waals surface area contributed by atoms with Crippen LogP contribution in [0.1, 0.15) is 34.6 Å². The summed E-state index contributed by atoms with van der Waals surface area (Å²) >= 11 is 0. The van der Waals surface area contributed by atoms with Crippen molar-refractivity contribution < 1.29 is 14.1 Å². The van der Waals surface area contributed by atoms with Gasteiger partial charge in [0.2, 0.25) is 5.91 Å². The van der Waals surface area contributed by atoms with Crippen LogP contribution in [0.25, 0.3) is 0 Å². The van der Waals surface area contributed by atoms with Crippen LogP contribution >= 0.6 is 0 Å². The second-order valence-electron chi connectivity index (χ2n) is 6.85. The predicted molar refractivity (Wildman–Crippen MR) is 108 cm³/mol. The minimum absolute atomic E-state index is 0.0393. The second kappa shape index (κ2) is 9.74. The molecule has 1 heterocycles. The maximum atomic E-state index is 12.1. The van der Waals surface area contributed by atoms with Crippen LogP contribution < -0.4 is 10.1 Å². The van der Waals surface area contributed by atoms with E-state index in [9.17, 15) is 4.79 Å². The number of ether oxygens (including phenoxy) is 1. The summed E-state index contributed by atoms with van der Waals surface area (Å²) in [5.74, 6) is 1.57. The Morgan fingerprint density at radius 2 is 1.79 bits per heavy atom. The third kappa shape index (κ3) is 5.71. The van der Waals surface area contributed by atoms with Gasteiger partial charge in [-0.25, -0.2) is 0 Å². The Hall–Kier alpha value is -3.08. The molecule has 0 aliphatic carbocycles. The molecule has 0 radical (unpaired) electrons. The lowest BCUT2D eigenvalue weighted by Crippen LogP contribution is -2.26. The Kier molecular flexibility index (Phi) is 6.84. The fourth-order valence-corrected chi connectivity index (χ4v) is 2.98. The summed E-state index contributed by atoms with van der Waals surface area (Å²) in [4.78, 5) is 12.1. The van der Waals surface area contributed by atoms with E-state index in [2.05, 4.69) is 22.6 Å². The Morgan fingerprint density at radius 3 is 2.46 bits per heavy atom. The summed E-state index contributed by atoms with van der Waals surface area (Å²) in [5.41, 5.74) is 4.08. The van der Waals surface area contributed by atoms with Crippen LogP contribution in [0.3, 0.4) is 0 Å². The minimum atomic E-state index is 0.0393. The van der Waals surface area contributed by atoms with Crippen molar-refractivity contribution in [1.29, 1.82) is 0 Å². The van der Waals surface area contributed by atoms with Crippen LogP contribution in [-0.2, 0) is 24.2 Å². The molecular weight excluding hydrogens is 352 g/mol. The summed E-state index contributed by atoms with van der Waals surface area (Å²) in [6, 6.07) is 17.9. The predicted octanol–water partition coefficient (Wildman–Crippen LogP) is 4.16. The van der Waals surface area contributed by atoms with Gasteiger partial charge in [-0.15, -0.1) is 0 Å². The first-order valence-electron chi connectivity index (χ1n) is 9.56. The first-order chi connectivity index (χ1) is 13.6. The van der Waals surface area contributed by atoms with Crippen molar-refractivity contribution in [2.24, 2.45) is 0 Å². The molecule has 0 aliphatic heterocycles. The summed E-state index contributed by atoms with van der Waals surface area (Å²) in [7, 11) is 0. The van der Waals surface area contributed by atoms with Gasteiger partial charge in [0.25, 0.3) is 0 Å². The third-order valence-electron chi connectivity index (χ3n) is 4.66. The zero-order valence-corrected chi connectivity index (χ0v) is 16.4. The number of hydrogen-bond acceptors (Lipinski definition) is 4. The number of nitrogens with one attached hydrogen (secondary N) is 1. The van der Waals surface area contributed by atoms with Gasteiger partial charge in [0.15, 0.2) is 0 Å². The van der Waals surface area contributed by atoms with E-state index in [1.54, 1.807) is 0 Å². The van der Waals surface area contributed by atoms with Crippen molar-refractivity contribution in [2.45, 2.75) is 39.7 Å². The van der Waals surface area contributed by atoms with Crippen LogP contribution in [0.4, 0.5) is 0 Å². The van der Waals surface area contributed by atoms with Gasteiger partial charge in [0.1, 0.15) is 18.1 Å². The van der Waals surface area contributed by atoms with Gasteiger partial charge in [-0.3, -0.25) is 4.79 Å². The molecule has 2 aromatic carbocycles. The molecule has 0 atom stereocenters. The van der Waals surface area contributed by atoms with Crippen LogP contribution in [0.2, 0.25) is 0 Å². The largest absolute Gasteiger partial charge is 0.489 e. The Labute approximate surface area is 165 Å². The summed E-state index contributed by atoms with van der Waals surface area (Å²) in [6.07, 6.45) is 2.28. The number of carbonyl (C=O) groups excluding carboxylic acids is 1. The van der Waals surface area contributed by atoms with E-state index in [0.717, 1.165) is 41.2 Å². The van der Waals surface area contributed by atoms with Crippen LogP contribution in [0.5, 0.6) is 5.75 Å². The van der Waals surface area contributed by atoms with Gasteiger partial charge < -0.3 is 14.6 Å². The lowest BCUT2D eigenvalue weighted by atomic mass is 10.1. The number of rotatable bonds is 9. The third-order valence-corrected chi connectivity index (χ3v) is 4.66. The van der Waals surface area contributed by atoms with Crippen molar-refractivity contribution in [2.75, 3.05) is 6.54 Å². The number of amides is 1. The van der Waals surface area contributed by atoms with Crippen molar-refractivity contribution in [3.05, 3.63) is 82.7 Å². The highest BCUT2D eigenvalue weighted by molar-refractivity contribution is 5.78. The van der Waals surface area contributed by atoms with Gasteiger partial charge >= 0.3 is 0 Å². The van der Waals surface area contributed by atoms with E-state index in [4.69, 9.17) is 9.26 Å². The molecular formula is C23H26N2O3. The van der Waals surface area contributed by atoms with Crippen LogP contribution in [-0.4, -0.2) is 17.6 Å². The highest BCUT2D eigenvalue weighted by Crippen LogP contribution is 2.18. The van der Waals surface area contributed by atoms with Crippen molar-refractivity contribution in [1.82, 2.24) is 10.5 Å². The van der Waals surface area contributed by atoms with E-state index < -0.39 is 0 Å². The maximum Gasteiger partial charge on any atom is 0.224 e. The zero-order chi connectivity index (χ0) is 19.8. The fourth-order valence-electron chi connectivity index (χ4n) is 2.98. The van der Waals surface area contributed by atoms with Crippen molar-refractivity contribution in [3.63, 3.8) is 0 Å². The smallest absolute Gasteiger partial charge is 0.224 e. The van der Waals surface area contributed by atoms with E-state index in [1.165, 1.54) is 5.56 Å². The molecule has 3 aromatic rings. The molecule has 0 fully saturated rings. The SMILES string of the molecule is Cc1noc(C)c1COc1ccc(CC(=O)NCCCc2ccccc2)cc1. The van der Waals surface area contributed by atoms with E-state index in [1.807, 2.05) is 56.3 Å². The van der Waals surface area contributed by atoms with E-state index >= 15 is 0 Å². The normalized spacial score (nSPS) is 10.6.